The zero-order valence-electron chi connectivity index (χ0n) is 13.8. The molecule has 0 unspecified atom stereocenters. The molecular weight excluding hydrogens is 345 g/mol. The second-order valence-electron chi connectivity index (χ2n) is 5.68. The lowest BCUT2D eigenvalue weighted by molar-refractivity contribution is -0.137. The molecule has 134 valence electrons. The summed E-state index contributed by atoms with van der Waals surface area (Å²) < 4.78 is 40.0. The van der Waals surface area contributed by atoms with Crippen LogP contribution in [0.15, 0.2) is 55.0 Å². The van der Waals surface area contributed by atoms with Gasteiger partial charge in [0.05, 0.1) is 17.5 Å². The zero-order chi connectivity index (χ0) is 18.7. The number of hydrogen-bond donors (Lipinski definition) is 1. The lowest BCUT2D eigenvalue weighted by Gasteiger charge is -2.11. The molecule has 0 atom stereocenters. The first-order valence-electron chi connectivity index (χ1n) is 7.73. The van der Waals surface area contributed by atoms with E-state index >= 15 is 0 Å². The third-order valence-electron chi connectivity index (χ3n) is 3.76. The first-order valence-corrected chi connectivity index (χ1v) is 7.73. The first kappa shape index (κ1) is 17.7. The number of alkyl halides is 3. The number of halogens is 3. The molecule has 1 aromatic carbocycles. The van der Waals surface area contributed by atoms with Gasteiger partial charge in [-0.25, -0.2) is 0 Å². The molecular formula is C18H15F3N4O. The van der Waals surface area contributed by atoms with Crippen molar-refractivity contribution in [3.8, 4) is 11.3 Å². The van der Waals surface area contributed by atoms with Gasteiger partial charge in [0.15, 0.2) is 0 Å². The van der Waals surface area contributed by atoms with E-state index in [0.29, 0.717) is 5.69 Å². The van der Waals surface area contributed by atoms with E-state index < -0.39 is 17.6 Å². The molecule has 8 heteroatoms. The fourth-order valence-corrected chi connectivity index (χ4v) is 2.50. The summed E-state index contributed by atoms with van der Waals surface area (Å²) >= 11 is 0. The number of aryl methyl sites for hydroxylation is 1. The van der Waals surface area contributed by atoms with E-state index in [-0.39, 0.29) is 12.1 Å². The summed E-state index contributed by atoms with van der Waals surface area (Å²) in [7, 11) is 1.78. The zero-order valence-corrected chi connectivity index (χ0v) is 13.8. The summed E-state index contributed by atoms with van der Waals surface area (Å²) in [6.45, 7) is 0.132. The van der Waals surface area contributed by atoms with Gasteiger partial charge in [-0.2, -0.15) is 18.3 Å². The summed E-state index contributed by atoms with van der Waals surface area (Å²) in [5, 5.41) is 6.73. The summed E-state index contributed by atoms with van der Waals surface area (Å²) in [6, 6.07) is 7.84. The Bertz CT molecular complexity index is 934. The molecule has 1 N–H and O–H groups in total. The lowest BCUT2D eigenvalue weighted by atomic mass is 10.1. The molecule has 0 fully saturated rings. The normalized spacial score (nSPS) is 11.4. The predicted molar refractivity (Wildman–Crippen MR) is 89.1 cm³/mol. The van der Waals surface area contributed by atoms with Crippen molar-refractivity contribution in [1.82, 2.24) is 20.1 Å². The quantitative estimate of drug-likeness (QED) is 0.775. The minimum atomic E-state index is -4.49. The van der Waals surface area contributed by atoms with Crippen LogP contribution in [0, 0.1) is 0 Å². The highest BCUT2D eigenvalue weighted by atomic mass is 19.4. The highest BCUT2D eigenvalue weighted by Gasteiger charge is 2.30. The minimum absolute atomic E-state index is 0.0494. The van der Waals surface area contributed by atoms with Crippen LogP contribution < -0.4 is 5.32 Å². The van der Waals surface area contributed by atoms with Crippen LogP contribution in [0.1, 0.15) is 21.5 Å². The van der Waals surface area contributed by atoms with Crippen LogP contribution in [0.25, 0.3) is 11.3 Å². The number of carbonyl (C=O) groups excluding carboxylic acids is 1. The maximum absolute atomic E-state index is 12.8. The number of benzene rings is 1. The third kappa shape index (κ3) is 3.90. The van der Waals surface area contributed by atoms with Gasteiger partial charge in [-0.15, -0.1) is 0 Å². The molecule has 1 amide bonds. The van der Waals surface area contributed by atoms with E-state index in [2.05, 4.69) is 15.4 Å². The number of hydrogen-bond acceptors (Lipinski definition) is 3. The van der Waals surface area contributed by atoms with Crippen LogP contribution in [-0.4, -0.2) is 20.7 Å². The molecule has 0 radical (unpaired) electrons. The Labute approximate surface area is 147 Å². The summed E-state index contributed by atoms with van der Waals surface area (Å²) in [4.78, 5) is 16.5. The van der Waals surface area contributed by atoms with E-state index in [1.807, 2.05) is 0 Å². The van der Waals surface area contributed by atoms with E-state index in [9.17, 15) is 18.0 Å². The maximum atomic E-state index is 12.8. The van der Waals surface area contributed by atoms with Crippen molar-refractivity contribution in [2.45, 2.75) is 12.7 Å². The summed E-state index contributed by atoms with van der Waals surface area (Å²) in [6.07, 6.45) is 0.578. The Morgan fingerprint density at radius 1 is 1.23 bits per heavy atom. The number of nitrogens with one attached hydrogen (secondary N) is 1. The fraction of sp³-hybridized carbons (Fsp3) is 0.167. The molecule has 0 saturated heterocycles. The number of pyridine rings is 1. The highest BCUT2D eigenvalue weighted by Crippen LogP contribution is 2.29. The van der Waals surface area contributed by atoms with Crippen LogP contribution in [0.3, 0.4) is 0 Å². The number of rotatable bonds is 4. The molecule has 0 saturated carbocycles. The van der Waals surface area contributed by atoms with Gasteiger partial charge in [0, 0.05) is 37.1 Å². The standard InChI is InChI=1S/C18H15F3N4O/c1-25-11-14(10-24-25)16-13(5-3-7-22-16)9-23-17(26)12-4-2-6-15(8-12)18(19,20)21/h2-8,10-11H,9H2,1H3,(H,23,26). The molecule has 2 aromatic heterocycles. The molecule has 0 aliphatic heterocycles. The molecule has 2 heterocycles. The average molecular weight is 360 g/mol. The molecule has 0 bridgehead atoms. The monoisotopic (exact) mass is 360 g/mol. The number of aromatic nitrogens is 3. The van der Waals surface area contributed by atoms with Crippen molar-refractivity contribution in [1.29, 1.82) is 0 Å². The van der Waals surface area contributed by atoms with Crippen molar-refractivity contribution in [3.63, 3.8) is 0 Å². The third-order valence-corrected chi connectivity index (χ3v) is 3.76. The Balaban J connectivity index is 1.77. The van der Waals surface area contributed by atoms with Crippen LogP contribution in [-0.2, 0) is 19.8 Å². The molecule has 0 aliphatic carbocycles. The lowest BCUT2D eigenvalue weighted by Crippen LogP contribution is -2.23. The van der Waals surface area contributed by atoms with Crippen molar-refractivity contribution in [3.05, 3.63) is 71.7 Å². The van der Waals surface area contributed by atoms with Crippen molar-refractivity contribution >= 4 is 5.91 Å². The van der Waals surface area contributed by atoms with Gasteiger partial charge < -0.3 is 5.32 Å². The van der Waals surface area contributed by atoms with E-state index in [4.69, 9.17) is 0 Å². The van der Waals surface area contributed by atoms with E-state index in [1.165, 1.54) is 12.1 Å². The van der Waals surface area contributed by atoms with Gasteiger partial charge >= 0.3 is 6.18 Å². The molecule has 5 nitrogen and oxygen atoms in total. The number of carbonyl (C=O) groups is 1. The van der Waals surface area contributed by atoms with Crippen LogP contribution in [0.5, 0.6) is 0 Å². The summed E-state index contributed by atoms with van der Waals surface area (Å²) in [5.41, 5.74) is 1.27. The van der Waals surface area contributed by atoms with Crippen LogP contribution in [0.2, 0.25) is 0 Å². The Morgan fingerprint density at radius 2 is 2.04 bits per heavy atom. The maximum Gasteiger partial charge on any atom is 0.416 e. The first-order chi connectivity index (χ1) is 12.3. The van der Waals surface area contributed by atoms with E-state index in [1.54, 1.807) is 42.5 Å². The molecule has 0 aliphatic rings. The number of amides is 1. The summed E-state index contributed by atoms with van der Waals surface area (Å²) in [5.74, 6) is -0.586. The van der Waals surface area contributed by atoms with Crippen LogP contribution in [0.4, 0.5) is 13.2 Å². The van der Waals surface area contributed by atoms with E-state index in [0.717, 1.165) is 23.3 Å². The predicted octanol–water partition coefficient (Wildman–Crippen LogP) is 3.43. The Morgan fingerprint density at radius 3 is 2.73 bits per heavy atom. The molecule has 0 spiro atoms. The largest absolute Gasteiger partial charge is 0.416 e. The van der Waals surface area contributed by atoms with Crippen LogP contribution >= 0.6 is 0 Å². The van der Waals surface area contributed by atoms with Crippen molar-refractivity contribution < 1.29 is 18.0 Å². The Hall–Kier alpha value is -3.16. The second kappa shape index (κ2) is 6.99. The van der Waals surface area contributed by atoms with Gasteiger partial charge in [-0.3, -0.25) is 14.5 Å². The fourth-order valence-electron chi connectivity index (χ4n) is 2.50. The van der Waals surface area contributed by atoms with Gasteiger partial charge in [0.25, 0.3) is 5.91 Å². The number of nitrogens with zero attached hydrogens (tertiary/aromatic N) is 3. The molecule has 26 heavy (non-hydrogen) atoms. The van der Waals surface area contributed by atoms with Crippen molar-refractivity contribution in [2.75, 3.05) is 0 Å². The second-order valence-corrected chi connectivity index (χ2v) is 5.68. The van der Waals surface area contributed by atoms with Gasteiger partial charge in [0.2, 0.25) is 0 Å². The molecule has 3 aromatic rings. The van der Waals surface area contributed by atoms with Gasteiger partial charge in [-0.1, -0.05) is 12.1 Å². The smallest absolute Gasteiger partial charge is 0.348 e. The van der Waals surface area contributed by atoms with Crippen molar-refractivity contribution in [2.24, 2.45) is 7.05 Å². The SMILES string of the molecule is Cn1cc(-c2ncccc2CNC(=O)c2cccc(C(F)(F)F)c2)cn1. The Kier molecular flexibility index (Phi) is 4.75. The topological polar surface area (TPSA) is 59.8 Å². The minimum Gasteiger partial charge on any atom is -0.348 e. The highest BCUT2D eigenvalue weighted by molar-refractivity contribution is 5.94. The average Bonchev–Trinajstić information content (AvgIpc) is 3.05. The molecule has 3 rings (SSSR count). The van der Waals surface area contributed by atoms with Gasteiger partial charge in [0.1, 0.15) is 0 Å². The van der Waals surface area contributed by atoms with Gasteiger partial charge in [-0.05, 0) is 29.8 Å².